The third-order valence-electron chi connectivity index (χ3n) is 2.36. The van der Waals surface area contributed by atoms with E-state index in [0.29, 0.717) is 13.2 Å². The van der Waals surface area contributed by atoms with Crippen LogP contribution in [0, 0.1) is 0 Å². The first-order valence-electron chi connectivity index (χ1n) is 5.66. The zero-order valence-corrected chi connectivity index (χ0v) is 10.5. The Balaban J connectivity index is 2.63. The van der Waals surface area contributed by atoms with Crippen molar-refractivity contribution in [3.63, 3.8) is 0 Å². The van der Waals surface area contributed by atoms with E-state index in [9.17, 15) is 4.79 Å². The maximum atomic E-state index is 10.8. The molecule has 0 aliphatic heterocycles. The lowest BCUT2D eigenvalue weighted by Crippen LogP contribution is -2.33. The van der Waals surface area contributed by atoms with Crippen molar-refractivity contribution in [1.29, 1.82) is 0 Å². The van der Waals surface area contributed by atoms with E-state index in [4.69, 9.17) is 9.84 Å². The summed E-state index contributed by atoms with van der Waals surface area (Å²) in [5, 5.41) is 12.0. The van der Waals surface area contributed by atoms with Gasteiger partial charge in [0.05, 0.1) is 11.2 Å². The highest BCUT2D eigenvalue weighted by Gasteiger charge is 2.17. The van der Waals surface area contributed by atoms with Gasteiger partial charge in [-0.2, -0.15) is 0 Å². The topological polar surface area (TPSA) is 58.6 Å². The summed E-state index contributed by atoms with van der Waals surface area (Å²) >= 11 is 0. The molecule has 0 heterocycles. The van der Waals surface area contributed by atoms with Crippen molar-refractivity contribution in [2.75, 3.05) is 18.5 Å². The van der Waals surface area contributed by atoms with E-state index < -0.39 is 5.97 Å². The second-order valence-electron chi connectivity index (χ2n) is 4.43. The molecule has 0 amide bonds. The molecule has 1 rings (SSSR count). The molecule has 0 aliphatic carbocycles. The smallest absolute Gasteiger partial charge is 0.335 e. The average Bonchev–Trinajstić information content (AvgIpc) is 2.27. The number of carbonyl (C=O) groups is 1. The van der Waals surface area contributed by atoms with Crippen LogP contribution >= 0.6 is 0 Å². The van der Waals surface area contributed by atoms with Crippen molar-refractivity contribution in [2.24, 2.45) is 0 Å². The number of rotatable bonds is 6. The van der Waals surface area contributed by atoms with E-state index >= 15 is 0 Å². The van der Waals surface area contributed by atoms with Gasteiger partial charge in [-0.15, -0.1) is 0 Å². The molecule has 0 atom stereocenters. The predicted octanol–water partition coefficient (Wildman–Crippen LogP) is 2.61. The molecular formula is C13H19NO3. The summed E-state index contributed by atoms with van der Waals surface area (Å²) < 4.78 is 5.55. The molecule has 0 spiro atoms. The van der Waals surface area contributed by atoms with Crippen LogP contribution in [0.15, 0.2) is 24.3 Å². The fourth-order valence-electron chi connectivity index (χ4n) is 1.52. The van der Waals surface area contributed by atoms with Crippen LogP contribution in [0.2, 0.25) is 0 Å². The molecule has 1 aromatic carbocycles. The normalized spacial score (nSPS) is 11.2. The van der Waals surface area contributed by atoms with Crippen LogP contribution in [0.5, 0.6) is 0 Å². The Labute approximate surface area is 102 Å². The van der Waals surface area contributed by atoms with Crippen molar-refractivity contribution < 1.29 is 14.6 Å². The lowest BCUT2D eigenvalue weighted by Gasteiger charge is -2.25. The van der Waals surface area contributed by atoms with Crippen molar-refractivity contribution in [3.05, 3.63) is 29.8 Å². The summed E-state index contributed by atoms with van der Waals surface area (Å²) in [5.74, 6) is -0.919. The predicted molar refractivity (Wildman–Crippen MR) is 67.6 cm³/mol. The van der Waals surface area contributed by atoms with E-state index in [0.717, 1.165) is 5.69 Å². The molecular weight excluding hydrogens is 218 g/mol. The lowest BCUT2D eigenvalue weighted by atomic mass is 10.1. The van der Waals surface area contributed by atoms with Gasteiger partial charge in [-0.3, -0.25) is 0 Å². The van der Waals surface area contributed by atoms with Gasteiger partial charge in [0, 0.05) is 18.8 Å². The lowest BCUT2D eigenvalue weighted by molar-refractivity contribution is 0.000697. The third kappa shape index (κ3) is 4.44. The van der Waals surface area contributed by atoms with Crippen LogP contribution in [0.3, 0.4) is 0 Å². The number of hydrogen-bond donors (Lipinski definition) is 2. The largest absolute Gasteiger partial charge is 0.478 e. The molecule has 4 heteroatoms. The molecule has 0 aliphatic rings. The van der Waals surface area contributed by atoms with E-state index in [1.807, 2.05) is 26.8 Å². The minimum absolute atomic E-state index is 0.270. The summed E-state index contributed by atoms with van der Waals surface area (Å²) in [6, 6.07) is 6.75. The van der Waals surface area contributed by atoms with Crippen molar-refractivity contribution in [3.8, 4) is 0 Å². The van der Waals surface area contributed by atoms with E-state index in [2.05, 4.69) is 5.32 Å². The Kier molecular flexibility index (Phi) is 4.52. The second kappa shape index (κ2) is 5.68. The summed E-state index contributed by atoms with van der Waals surface area (Å²) in [4.78, 5) is 10.8. The van der Waals surface area contributed by atoms with Crippen LogP contribution < -0.4 is 5.32 Å². The molecule has 0 aromatic heterocycles. The van der Waals surface area contributed by atoms with Gasteiger partial charge in [0.25, 0.3) is 0 Å². The summed E-state index contributed by atoms with van der Waals surface area (Å²) in [5.41, 5.74) is 0.801. The number of carboxylic acid groups (broad SMARTS) is 1. The van der Waals surface area contributed by atoms with Gasteiger partial charge in [0.1, 0.15) is 0 Å². The number of benzene rings is 1. The highest BCUT2D eigenvalue weighted by Crippen LogP contribution is 2.14. The SMILES string of the molecule is CCOC(C)(C)CNc1cccc(C(=O)O)c1. The molecule has 94 valence electrons. The molecule has 0 bridgehead atoms. The molecule has 0 radical (unpaired) electrons. The van der Waals surface area contributed by atoms with Gasteiger partial charge in [0.15, 0.2) is 0 Å². The van der Waals surface area contributed by atoms with E-state index in [-0.39, 0.29) is 11.2 Å². The van der Waals surface area contributed by atoms with Crippen molar-refractivity contribution in [1.82, 2.24) is 0 Å². The first kappa shape index (κ1) is 13.5. The molecule has 2 N–H and O–H groups in total. The molecule has 0 unspecified atom stereocenters. The monoisotopic (exact) mass is 237 g/mol. The van der Waals surface area contributed by atoms with Crippen LogP contribution in [0.1, 0.15) is 31.1 Å². The van der Waals surface area contributed by atoms with Crippen LogP contribution in [0.25, 0.3) is 0 Å². The Morgan fingerprint density at radius 1 is 1.47 bits per heavy atom. The number of ether oxygens (including phenoxy) is 1. The number of anilines is 1. The van der Waals surface area contributed by atoms with Gasteiger partial charge in [0.2, 0.25) is 0 Å². The number of hydrogen-bond acceptors (Lipinski definition) is 3. The summed E-state index contributed by atoms with van der Waals surface area (Å²) in [6.07, 6.45) is 0. The highest BCUT2D eigenvalue weighted by atomic mass is 16.5. The first-order chi connectivity index (χ1) is 7.94. The number of aromatic carboxylic acids is 1. The maximum absolute atomic E-state index is 10.8. The molecule has 4 nitrogen and oxygen atoms in total. The van der Waals surface area contributed by atoms with Gasteiger partial charge in [-0.25, -0.2) is 4.79 Å². The fraction of sp³-hybridized carbons (Fsp3) is 0.462. The minimum atomic E-state index is -0.919. The van der Waals surface area contributed by atoms with Crippen LogP contribution in [0.4, 0.5) is 5.69 Å². The Bertz CT molecular complexity index is 388. The van der Waals surface area contributed by atoms with Crippen molar-refractivity contribution >= 4 is 11.7 Å². The van der Waals surface area contributed by atoms with E-state index in [1.165, 1.54) is 0 Å². The van der Waals surface area contributed by atoms with Crippen LogP contribution in [-0.4, -0.2) is 29.8 Å². The van der Waals surface area contributed by atoms with Crippen molar-refractivity contribution in [2.45, 2.75) is 26.4 Å². The molecule has 1 aromatic rings. The average molecular weight is 237 g/mol. The first-order valence-corrected chi connectivity index (χ1v) is 5.66. The summed E-state index contributed by atoms with van der Waals surface area (Å²) in [6.45, 7) is 7.22. The number of nitrogens with one attached hydrogen (secondary N) is 1. The molecule has 0 saturated carbocycles. The summed E-state index contributed by atoms with van der Waals surface area (Å²) in [7, 11) is 0. The minimum Gasteiger partial charge on any atom is -0.478 e. The third-order valence-corrected chi connectivity index (χ3v) is 2.36. The molecule has 0 saturated heterocycles. The molecule has 0 fully saturated rings. The van der Waals surface area contributed by atoms with Gasteiger partial charge >= 0.3 is 5.97 Å². The molecule has 17 heavy (non-hydrogen) atoms. The van der Waals surface area contributed by atoms with Gasteiger partial charge in [-0.1, -0.05) is 6.07 Å². The quantitative estimate of drug-likeness (QED) is 0.798. The fourth-order valence-corrected chi connectivity index (χ4v) is 1.52. The maximum Gasteiger partial charge on any atom is 0.335 e. The Morgan fingerprint density at radius 2 is 2.18 bits per heavy atom. The Hall–Kier alpha value is -1.55. The van der Waals surface area contributed by atoms with Gasteiger partial charge in [-0.05, 0) is 39.0 Å². The zero-order valence-electron chi connectivity index (χ0n) is 10.5. The van der Waals surface area contributed by atoms with Gasteiger partial charge < -0.3 is 15.2 Å². The Morgan fingerprint density at radius 3 is 2.76 bits per heavy atom. The second-order valence-corrected chi connectivity index (χ2v) is 4.43. The number of carboxylic acids is 1. The highest BCUT2D eigenvalue weighted by molar-refractivity contribution is 5.88. The van der Waals surface area contributed by atoms with E-state index in [1.54, 1.807) is 18.2 Å². The standard InChI is InChI=1S/C13H19NO3/c1-4-17-13(2,3)9-14-11-7-5-6-10(8-11)12(15)16/h5-8,14H,4,9H2,1-3H3,(H,15,16). The van der Waals surface area contributed by atoms with Crippen LogP contribution in [-0.2, 0) is 4.74 Å². The zero-order chi connectivity index (χ0) is 12.9.